The molecule has 6 nitrogen and oxygen atoms in total. The van der Waals surface area contributed by atoms with E-state index in [1.165, 1.54) is 4.31 Å². The molecule has 0 aliphatic carbocycles. The number of piperazine rings is 1. The maximum Gasteiger partial charge on any atom is 0.244 e. The van der Waals surface area contributed by atoms with Crippen molar-refractivity contribution < 1.29 is 13.2 Å². The highest BCUT2D eigenvalue weighted by molar-refractivity contribution is 7.89. The molecule has 37 heavy (non-hydrogen) atoms. The first-order valence-electron chi connectivity index (χ1n) is 12.7. The highest BCUT2D eigenvalue weighted by atomic mass is 32.2. The molecule has 0 radical (unpaired) electrons. The molecule has 2 aliphatic heterocycles. The molecule has 0 bridgehead atoms. The summed E-state index contributed by atoms with van der Waals surface area (Å²) in [6.45, 7) is 2.74. The van der Waals surface area contributed by atoms with Gasteiger partial charge in [-0.05, 0) is 41.1 Å². The number of anilines is 1. The Morgan fingerprint density at radius 2 is 1.35 bits per heavy atom. The molecule has 7 heteroatoms. The molecule has 188 valence electrons. The Labute approximate surface area is 217 Å². The lowest BCUT2D eigenvalue weighted by Gasteiger charge is -2.41. The van der Waals surface area contributed by atoms with Gasteiger partial charge in [0.1, 0.15) is 6.04 Å². The van der Waals surface area contributed by atoms with Crippen molar-refractivity contribution in [1.29, 1.82) is 0 Å². The fourth-order valence-electron chi connectivity index (χ4n) is 5.54. The van der Waals surface area contributed by atoms with Crippen LogP contribution in [0.1, 0.15) is 11.1 Å². The van der Waals surface area contributed by atoms with Crippen molar-refractivity contribution in [2.45, 2.75) is 23.9 Å². The lowest BCUT2D eigenvalue weighted by Crippen LogP contribution is -2.57. The van der Waals surface area contributed by atoms with E-state index in [0.717, 1.165) is 35.3 Å². The van der Waals surface area contributed by atoms with Crippen molar-refractivity contribution in [3.63, 3.8) is 0 Å². The third-order valence-electron chi connectivity index (χ3n) is 7.54. The molecular weight excluding hydrogens is 482 g/mol. The highest BCUT2D eigenvalue weighted by Gasteiger charge is 2.42. The molecule has 0 unspecified atom stereocenters. The Hall–Kier alpha value is -3.68. The van der Waals surface area contributed by atoms with E-state index in [2.05, 4.69) is 17.0 Å². The molecule has 2 aliphatic rings. The number of hydrogen-bond donors (Lipinski definition) is 0. The Morgan fingerprint density at radius 1 is 0.703 bits per heavy atom. The van der Waals surface area contributed by atoms with Gasteiger partial charge in [-0.1, -0.05) is 78.9 Å². The van der Waals surface area contributed by atoms with Crippen molar-refractivity contribution in [3.05, 3.63) is 108 Å². The molecule has 0 aromatic heterocycles. The number of nitrogens with zero attached hydrogens (tertiary/aromatic N) is 3. The summed E-state index contributed by atoms with van der Waals surface area (Å²) in [4.78, 5) is 18.3. The predicted octanol–water partition coefficient (Wildman–Crippen LogP) is 4.30. The zero-order valence-electron chi connectivity index (χ0n) is 20.5. The number of para-hydroxylation sites is 1. The molecule has 0 saturated carbocycles. The van der Waals surface area contributed by atoms with E-state index < -0.39 is 16.1 Å². The van der Waals surface area contributed by atoms with Gasteiger partial charge >= 0.3 is 0 Å². The molecular formula is C30H29N3O3S. The summed E-state index contributed by atoms with van der Waals surface area (Å²) in [7, 11) is -3.94. The van der Waals surface area contributed by atoms with Crippen LogP contribution in [0.25, 0.3) is 10.8 Å². The quantitative estimate of drug-likeness (QED) is 0.410. The van der Waals surface area contributed by atoms with Crippen molar-refractivity contribution >= 4 is 32.4 Å². The standard InChI is InChI=1S/C30H29N3O3S/c34-30(32-19-17-31(18-20-32)26-13-2-1-3-14-26)28-21-24-10-4-5-11-25(24)22-33(28)37(35,36)29-16-8-12-23-9-6-7-15-27(23)29/h1-16,28H,17-22H2/t28-/m0/s1. The van der Waals surface area contributed by atoms with Gasteiger partial charge in [0.15, 0.2) is 0 Å². The fourth-order valence-corrected chi connectivity index (χ4v) is 7.32. The number of fused-ring (bicyclic) bond motifs is 2. The Balaban J connectivity index is 1.32. The number of carbonyl (C=O) groups excluding carboxylic acids is 1. The van der Waals surface area contributed by atoms with Gasteiger partial charge in [0.05, 0.1) is 4.90 Å². The average Bonchev–Trinajstić information content (AvgIpc) is 2.96. The number of benzene rings is 4. The summed E-state index contributed by atoms with van der Waals surface area (Å²) < 4.78 is 29.8. The second-order valence-corrected chi connectivity index (χ2v) is 11.5. The first kappa shape index (κ1) is 23.7. The van der Waals surface area contributed by atoms with Crippen LogP contribution in [0, 0.1) is 0 Å². The minimum absolute atomic E-state index is 0.119. The van der Waals surface area contributed by atoms with E-state index in [4.69, 9.17) is 0 Å². The highest BCUT2D eigenvalue weighted by Crippen LogP contribution is 2.33. The van der Waals surface area contributed by atoms with Crippen LogP contribution in [0.5, 0.6) is 0 Å². The largest absolute Gasteiger partial charge is 0.368 e. The van der Waals surface area contributed by atoms with Crippen LogP contribution < -0.4 is 4.90 Å². The number of hydrogen-bond acceptors (Lipinski definition) is 4. The predicted molar refractivity (Wildman–Crippen MR) is 146 cm³/mol. The van der Waals surface area contributed by atoms with Crippen LogP contribution in [-0.4, -0.2) is 55.8 Å². The normalized spacial score (nSPS) is 18.5. The minimum Gasteiger partial charge on any atom is -0.368 e. The third-order valence-corrected chi connectivity index (χ3v) is 9.45. The van der Waals surface area contributed by atoms with E-state index >= 15 is 0 Å². The third kappa shape index (κ3) is 4.38. The van der Waals surface area contributed by atoms with Gasteiger partial charge < -0.3 is 9.80 Å². The van der Waals surface area contributed by atoms with E-state index in [9.17, 15) is 13.2 Å². The SMILES string of the molecule is O=C([C@@H]1Cc2ccccc2CN1S(=O)(=O)c1cccc2ccccc12)N1CCN(c2ccccc2)CC1. The molecule has 6 rings (SSSR count). The first-order valence-corrected chi connectivity index (χ1v) is 14.1. The van der Waals surface area contributed by atoms with Gasteiger partial charge in [0.25, 0.3) is 0 Å². The molecule has 1 fully saturated rings. The first-order chi connectivity index (χ1) is 18.0. The van der Waals surface area contributed by atoms with E-state index in [-0.39, 0.29) is 17.3 Å². The van der Waals surface area contributed by atoms with Crippen molar-refractivity contribution in [2.24, 2.45) is 0 Å². The summed E-state index contributed by atoms with van der Waals surface area (Å²) in [5.74, 6) is -0.119. The molecule has 1 amide bonds. The Kier molecular flexibility index (Phi) is 6.18. The molecule has 0 spiro atoms. The maximum absolute atomic E-state index is 14.2. The van der Waals surface area contributed by atoms with Crippen molar-refractivity contribution in [2.75, 3.05) is 31.1 Å². The van der Waals surface area contributed by atoms with Gasteiger partial charge in [-0.2, -0.15) is 4.31 Å². The van der Waals surface area contributed by atoms with E-state index in [1.54, 1.807) is 12.1 Å². The number of carbonyl (C=O) groups is 1. The van der Waals surface area contributed by atoms with Gasteiger partial charge in [0.2, 0.25) is 15.9 Å². The number of rotatable bonds is 4. The van der Waals surface area contributed by atoms with Crippen LogP contribution >= 0.6 is 0 Å². The summed E-state index contributed by atoms with van der Waals surface area (Å²) in [5.41, 5.74) is 3.12. The van der Waals surface area contributed by atoms with Crippen LogP contribution in [0.15, 0.2) is 102 Å². The second kappa shape index (κ2) is 9.65. The topological polar surface area (TPSA) is 60.9 Å². The van der Waals surface area contributed by atoms with Gasteiger partial charge in [-0.3, -0.25) is 4.79 Å². The fraction of sp³-hybridized carbons (Fsp3) is 0.233. The Bertz CT molecular complexity index is 1540. The molecule has 1 atom stereocenters. The van der Waals surface area contributed by atoms with Gasteiger partial charge in [0, 0.05) is 43.8 Å². The van der Waals surface area contributed by atoms with E-state index in [0.29, 0.717) is 24.9 Å². The minimum atomic E-state index is -3.94. The summed E-state index contributed by atoms with van der Waals surface area (Å²) in [5, 5.41) is 1.53. The van der Waals surface area contributed by atoms with Crippen molar-refractivity contribution in [1.82, 2.24) is 9.21 Å². The van der Waals surface area contributed by atoms with Crippen LogP contribution in [-0.2, 0) is 27.8 Å². The van der Waals surface area contributed by atoms with Gasteiger partial charge in [-0.25, -0.2) is 8.42 Å². The maximum atomic E-state index is 14.2. The van der Waals surface area contributed by atoms with Crippen LogP contribution in [0.3, 0.4) is 0 Å². The second-order valence-electron chi connectivity index (χ2n) is 9.66. The number of amides is 1. The lowest BCUT2D eigenvalue weighted by molar-refractivity contribution is -0.136. The monoisotopic (exact) mass is 511 g/mol. The Morgan fingerprint density at radius 3 is 2.14 bits per heavy atom. The number of sulfonamides is 1. The molecule has 4 aromatic carbocycles. The lowest BCUT2D eigenvalue weighted by atomic mass is 9.95. The average molecular weight is 512 g/mol. The molecule has 0 N–H and O–H groups in total. The molecule has 1 saturated heterocycles. The molecule has 2 heterocycles. The van der Waals surface area contributed by atoms with Crippen molar-refractivity contribution in [3.8, 4) is 0 Å². The zero-order valence-corrected chi connectivity index (χ0v) is 21.3. The summed E-state index contributed by atoms with van der Waals surface area (Å²) >= 11 is 0. The zero-order chi connectivity index (χ0) is 25.4. The van der Waals surface area contributed by atoms with Crippen LogP contribution in [0.4, 0.5) is 5.69 Å². The summed E-state index contributed by atoms with van der Waals surface area (Å²) in [6, 6.07) is 30.1. The van der Waals surface area contributed by atoms with E-state index in [1.807, 2.05) is 77.7 Å². The van der Waals surface area contributed by atoms with Crippen LogP contribution in [0.2, 0.25) is 0 Å². The van der Waals surface area contributed by atoms with Gasteiger partial charge in [-0.15, -0.1) is 0 Å². The smallest absolute Gasteiger partial charge is 0.244 e. The molecule has 4 aromatic rings. The summed E-state index contributed by atoms with van der Waals surface area (Å²) in [6.07, 6.45) is 0.373.